The van der Waals surface area contributed by atoms with Crippen LogP contribution in [0.1, 0.15) is 30.1 Å². The van der Waals surface area contributed by atoms with Gasteiger partial charge in [0, 0.05) is 11.9 Å². The van der Waals surface area contributed by atoms with Crippen molar-refractivity contribution in [3.05, 3.63) is 59.7 Å². The van der Waals surface area contributed by atoms with E-state index in [0.717, 1.165) is 61.5 Å². The van der Waals surface area contributed by atoms with Crippen molar-refractivity contribution >= 4 is 11.0 Å². The van der Waals surface area contributed by atoms with Crippen LogP contribution in [0.25, 0.3) is 11.0 Å². The molecule has 0 aliphatic carbocycles. The number of benzene rings is 1. The third kappa shape index (κ3) is 4.19. The van der Waals surface area contributed by atoms with E-state index >= 15 is 0 Å². The Labute approximate surface area is 155 Å². The van der Waals surface area contributed by atoms with Crippen molar-refractivity contribution < 1.29 is 8.83 Å². The first kappa shape index (κ1) is 17.4. The third-order valence-electron chi connectivity index (χ3n) is 5.35. The van der Waals surface area contributed by atoms with Crippen molar-refractivity contribution in [2.24, 2.45) is 5.92 Å². The van der Waals surface area contributed by atoms with Crippen molar-refractivity contribution in [2.45, 2.75) is 32.9 Å². The standard InChI is InChI=1S/C22H28N2O2/c1-17-7-8-20(25-17)16-24-11-9-18(10-12-24)14-23(2)15-21-13-19-5-3-4-6-22(19)26-21/h3-8,13,18H,9-12,14-16H2,1-2H3. The SMILES string of the molecule is Cc1ccc(CN2CCC(CN(C)Cc3cc4ccccc4o3)CC2)o1. The van der Waals surface area contributed by atoms with Gasteiger partial charge in [-0.3, -0.25) is 9.80 Å². The predicted molar refractivity (Wildman–Crippen MR) is 104 cm³/mol. The molecular formula is C22H28N2O2. The molecule has 1 aromatic carbocycles. The fraction of sp³-hybridized carbons (Fsp3) is 0.455. The molecular weight excluding hydrogens is 324 g/mol. The van der Waals surface area contributed by atoms with E-state index in [4.69, 9.17) is 8.83 Å². The fourth-order valence-corrected chi connectivity index (χ4v) is 4.00. The van der Waals surface area contributed by atoms with E-state index in [9.17, 15) is 0 Å². The highest BCUT2D eigenvalue weighted by atomic mass is 16.3. The van der Waals surface area contributed by atoms with E-state index in [0.29, 0.717) is 0 Å². The normalized spacial score (nSPS) is 16.7. The molecule has 0 spiro atoms. The fourth-order valence-electron chi connectivity index (χ4n) is 4.00. The zero-order chi connectivity index (χ0) is 17.9. The van der Waals surface area contributed by atoms with Crippen LogP contribution in [0.15, 0.2) is 51.3 Å². The number of para-hydroxylation sites is 1. The summed E-state index contributed by atoms with van der Waals surface area (Å²) in [7, 11) is 2.20. The Kier molecular flexibility index (Phi) is 5.14. The van der Waals surface area contributed by atoms with Crippen molar-refractivity contribution in [3.63, 3.8) is 0 Å². The highest BCUT2D eigenvalue weighted by Gasteiger charge is 2.21. The maximum absolute atomic E-state index is 5.95. The first-order chi connectivity index (χ1) is 12.7. The summed E-state index contributed by atoms with van der Waals surface area (Å²) in [5.41, 5.74) is 0.984. The summed E-state index contributed by atoms with van der Waals surface area (Å²) in [6.45, 7) is 7.26. The van der Waals surface area contributed by atoms with Crippen LogP contribution in [-0.2, 0) is 13.1 Å². The quantitative estimate of drug-likeness (QED) is 0.645. The molecule has 1 saturated heterocycles. The van der Waals surface area contributed by atoms with Crippen LogP contribution in [-0.4, -0.2) is 36.5 Å². The van der Waals surface area contributed by atoms with E-state index in [1.807, 2.05) is 19.1 Å². The second kappa shape index (κ2) is 7.68. The number of aryl methyl sites for hydroxylation is 1. The smallest absolute Gasteiger partial charge is 0.134 e. The topological polar surface area (TPSA) is 32.8 Å². The van der Waals surface area contributed by atoms with Crippen LogP contribution in [0.2, 0.25) is 0 Å². The monoisotopic (exact) mass is 352 g/mol. The number of piperidine rings is 1. The molecule has 3 heterocycles. The van der Waals surface area contributed by atoms with Crippen molar-refractivity contribution in [3.8, 4) is 0 Å². The van der Waals surface area contributed by atoms with E-state index in [1.165, 1.54) is 18.2 Å². The summed E-state index contributed by atoms with van der Waals surface area (Å²) in [4.78, 5) is 4.90. The van der Waals surface area contributed by atoms with Gasteiger partial charge < -0.3 is 8.83 Å². The number of hydrogen-bond donors (Lipinski definition) is 0. The average Bonchev–Trinajstić information content (AvgIpc) is 3.21. The number of hydrogen-bond acceptors (Lipinski definition) is 4. The lowest BCUT2D eigenvalue weighted by atomic mass is 9.96. The van der Waals surface area contributed by atoms with Gasteiger partial charge in [0.25, 0.3) is 0 Å². The lowest BCUT2D eigenvalue weighted by molar-refractivity contribution is 0.137. The molecule has 4 heteroatoms. The van der Waals surface area contributed by atoms with Gasteiger partial charge in [-0.25, -0.2) is 0 Å². The highest BCUT2D eigenvalue weighted by molar-refractivity contribution is 5.77. The Morgan fingerprint density at radius 1 is 1.04 bits per heavy atom. The molecule has 26 heavy (non-hydrogen) atoms. The molecule has 0 amide bonds. The zero-order valence-electron chi connectivity index (χ0n) is 15.8. The molecule has 0 N–H and O–H groups in total. The third-order valence-corrected chi connectivity index (χ3v) is 5.35. The second-order valence-electron chi connectivity index (χ2n) is 7.68. The Morgan fingerprint density at radius 2 is 1.85 bits per heavy atom. The minimum absolute atomic E-state index is 0.763. The first-order valence-corrected chi connectivity index (χ1v) is 9.59. The second-order valence-corrected chi connectivity index (χ2v) is 7.68. The molecule has 0 atom stereocenters. The van der Waals surface area contributed by atoms with Crippen molar-refractivity contribution in [1.29, 1.82) is 0 Å². The molecule has 4 rings (SSSR count). The molecule has 1 aliphatic rings. The average molecular weight is 352 g/mol. The number of furan rings is 2. The molecule has 0 unspecified atom stereocenters. The number of nitrogens with zero attached hydrogens (tertiary/aromatic N) is 2. The predicted octanol–water partition coefficient (Wildman–Crippen LogP) is 4.68. The zero-order valence-corrected chi connectivity index (χ0v) is 15.8. The Balaban J connectivity index is 1.24. The van der Waals surface area contributed by atoms with Crippen molar-refractivity contribution in [1.82, 2.24) is 9.80 Å². The van der Waals surface area contributed by atoms with Gasteiger partial charge >= 0.3 is 0 Å². The van der Waals surface area contributed by atoms with Gasteiger partial charge in [-0.2, -0.15) is 0 Å². The minimum atomic E-state index is 0.763. The minimum Gasteiger partial charge on any atom is -0.465 e. The number of likely N-dealkylation sites (tertiary alicyclic amines) is 1. The molecule has 4 nitrogen and oxygen atoms in total. The molecule has 1 fully saturated rings. The largest absolute Gasteiger partial charge is 0.465 e. The number of fused-ring (bicyclic) bond motifs is 1. The van der Waals surface area contributed by atoms with Gasteiger partial charge in [0.1, 0.15) is 22.9 Å². The Bertz CT molecular complexity index is 810. The first-order valence-electron chi connectivity index (χ1n) is 9.59. The molecule has 1 aliphatic heterocycles. The van der Waals surface area contributed by atoms with Crippen LogP contribution >= 0.6 is 0 Å². The maximum atomic E-state index is 5.95. The van der Waals surface area contributed by atoms with E-state index < -0.39 is 0 Å². The summed E-state index contributed by atoms with van der Waals surface area (Å²) in [6.07, 6.45) is 2.51. The van der Waals surface area contributed by atoms with Gasteiger partial charge in [-0.05, 0) is 70.1 Å². The molecule has 138 valence electrons. The van der Waals surface area contributed by atoms with E-state index in [-0.39, 0.29) is 0 Å². The Morgan fingerprint density at radius 3 is 2.58 bits per heavy atom. The molecule has 2 aromatic heterocycles. The van der Waals surface area contributed by atoms with E-state index in [2.05, 4.69) is 47.2 Å². The summed E-state index contributed by atoms with van der Waals surface area (Å²) < 4.78 is 11.7. The van der Waals surface area contributed by atoms with Gasteiger partial charge in [0.2, 0.25) is 0 Å². The van der Waals surface area contributed by atoms with Crippen molar-refractivity contribution in [2.75, 3.05) is 26.7 Å². The van der Waals surface area contributed by atoms with Crippen LogP contribution in [0.5, 0.6) is 0 Å². The van der Waals surface area contributed by atoms with Crippen LogP contribution in [0, 0.1) is 12.8 Å². The van der Waals surface area contributed by atoms with Crippen LogP contribution < -0.4 is 0 Å². The summed E-state index contributed by atoms with van der Waals surface area (Å²) in [5, 5.41) is 1.19. The van der Waals surface area contributed by atoms with Gasteiger partial charge in [-0.1, -0.05) is 18.2 Å². The molecule has 0 radical (unpaired) electrons. The summed E-state index contributed by atoms with van der Waals surface area (Å²) in [6, 6.07) is 14.5. The Hall–Kier alpha value is -2.04. The van der Waals surface area contributed by atoms with Gasteiger partial charge in [0.05, 0.1) is 13.1 Å². The highest BCUT2D eigenvalue weighted by Crippen LogP contribution is 2.23. The van der Waals surface area contributed by atoms with Crippen LogP contribution in [0.3, 0.4) is 0 Å². The lowest BCUT2D eigenvalue weighted by Crippen LogP contribution is -2.37. The van der Waals surface area contributed by atoms with Gasteiger partial charge in [-0.15, -0.1) is 0 Å². The maximum Gasteiger partial charge on any atom is 0.134 e. The summed E-state index contributed by atoms with van der Waals surface area (Å²) in [5.74, 6) is 3.91. The molecule has 0 saturated carbocycles. The van der Waals surface area contributed by atoms with E-state index in [1.54, 1.807) is 0 Å². The molecule has 3 aromatic rings. The lowest BCUT2D eigenvalue weighted by Gasteiger charge is -2.33. The van der Waals surface area contributed by atoms with Gasteiger partial charge in [0.15, 0.2) is 0 Å². The summed E-state index contributed by atoms with van der Waals surface area (Å²) >= 11 is 0. The van der Waals surface area contributed by atoms with Crippen LogP contribution in [0.4, 0.5) is 0 Å². The molecule has 0 bridgehead atoms. The number of rotatable bonds is 6.